The summed E-state index contributed by atoms with van der Waals surface area (Å²) in [5.41, 5.74) is 5.11. The second kappa shape index (κ2) is 11.0. The van der Waals surface area contributed by atoms with Gasteiger partial charge in [0.25, 0.3) is 0 Å². The summed E-state index contributed by atoms with van der Waals surface area (Å²) < 4.78 is 21.7. The van der Waals surface area contributed by atoms with Gasteiger partial charge < -0.3 is 29.4 Å². The fraction of sp³-hybridized carbons (Fsp3) is 0.286. The van der Waals surface area contributed by atoms with E-state index in [2.05, 4.69) is 17.4 Å². The molecule has 0 aromatic heterocycles. The summed E-state index contributed by atoms with van der Waals surface area (Å²) in [4.78, 5) is 24.5. The molecule has 1 aliphatic carbocycles. The van der Waals surface area contributed by atoms with Crippen molar-refractivity contribution in [3.05, 3.63) is 77.4 Å². The Morgan fingerprint density at radius 1 is 0.861 bits per heavy atom. The maximum absolute atomic E-state index is 12.5. The van der Waals surface area contributed by atoms with Gasteiger partial charge in [-0.1, -0.05) is 54.6 Å². The number of alkyl carbamates (subject to hydrolysis) is 1. The van der Waals surface area contributed by atoms with Crippen molar-refractivity contribution in [1.29, 1.82) is 0 Å². The largest absolute Gasteiger partial charge is 0.493 e. The molecule has 1 amide bonds. The van der Waals surface area contributed by atoms with Gasteiger partial charge in [0, 0.05) is 12.5 Å². The summed E-state index contributed by atoms with van der Waals surface area (Å²) in [5, 5.41) is 12.4. The molecular formula is C28H29NO7. The SMILES string of the molecule is COc1ccc(C[C@H](CNC(=O)OCC2c3ccccc3-c3ccccc32)C(=O)O)c(OC)c1OC. The highest BCUT2D eigenvalue weighted by molar-refractivity contribution is 5.79. The molecule has 3 aromatic rings. The van der Waals surface area contributed by atoms with E-state index in [0.29, 0.717) is 22.8 Å². The van der Waals surface area contributed by atoms with Gasteiger partial charge >= 0.3 is 12.1 Å². The number of nitrogens with one attached hydrogen (secondary N) is 1. The molecule has 3 aromatic carbocycles. The molecule has 0 aliphatic heterocycles. The standard InChI is InChI=1S/C28H29NO7/c1-33-24-13-12-17(25(34-2)26(24)35-3)14-18(27(30)31)15-29-28(32)36-16-23-21-10-6-4-8-19(21)20-9-5-7-11-22(20)23/h4-13,18,23H,14-16H2,1-3H3,(H,29,32)(H,30,31)/t18-/m1/s1. The Kier molecular flexibility index (Phi) is 7.63. The molecule has 0 radical (unpaired) electrons. The van der Waals surface area contributed by atoms with Gasteiger partial charge in [0.1, 0.15) is 6.61 Å². The highest BCUT2D eigenvalue weighted by atomic mass is 16.5. The lowest BCUT2D eigenvalue weighted by molar-refractivity contribution is -0.141. The number of aliphatic carboxylic acids is 1. The molecule has 0 unspecified atom stereocenters. The van der Waals surface area contributed by atoms with Gasteiger partial charge in [-0.3, -0.25) is 4.79 Å². The number of carbonyl (C=O) groups excluding carboxylic acids is 1. The number of ether oxygens (including phenoxy) is 4. The molecule has 0 spiro atoms. The number of carboxylic acids is 1. The van der Waals surface area contributed by atoms with Crippen LogP contribution in [0.3, 0.4) is 0 Å². The zero-order valence-electron chi connectivity index (χ0n) is 20.4. The van der Waals surface area contributed by atoms with Crippen molar-refractivity contribution in [2.24, 2.45) is 5.92 Å². The molecule has 0 fully saturated rings. The van der Waals surface area contributed by atoms with Crippen molar-refractivity contribution in [2.45, 2.75) is 12.3 Å². The lowest BCUT2D eigenvalue weighted by Crippen LogP contribution is -2.35. The van der Waals surface area contributed by atoms with Crippen LogP contribution in [0.25, 0.3) is 11.1 Å². The predicted octanol–water partition coefficient (Wildman–Crippen LogP) is 4.49. The quantitative estimate of drug-likeness (QED) is 0.431. The van der Waals surface area contributed by atoms with E-state index in [1.54, 1.807) is 12.1 Å². The van der Waals surface area contributed by atoms with E-state index in [1.807, 2.05) is 36.4 Å². The van der Waals surface area contributed by atoms with E-state index in [9.17, 15) is 14.7 Å². The van der Waals surface area contributed by atoms with Crippen molar-refractivity contribution < 1.29 is 33.6 Å². The minimum atomic E-state index is -1.05. The molecule has 0 saturated heterocycles. The summed E-state index contributed by atoms with van der Waals surface area (Å²) in [7, 11) is 4.47. The average Bonchev–Trinajstić information content (AvgIpc) is 3.22. The van der Waals surface area contributed by atoms with Crippen molar-refractivity contribution >= 4 is 12.1 Å². The Morgan fingerprint density at radius 2 is 1.47 bits per heavy atom. The van der Waals surface area contributed by atoms with E-state index in [1.165, 1.54) is 21.3 Å². The van der Waals surface area contributed by atoms with Crippen LogP contribution in [0.5, 0.6) is 17.2 Å². The summed E-state index contributed by atoms with van der Waals surface area (Å²) in [6.07, 6.45) is -0.551. The monoisotopic (exact) mass is 491 g/mol. The Balaban J connectivity index is 1.40. The number of benzene rings is 3. The predicted molar refractivity (Wildman–Crippen MR) is 134 cm³/mol. The van der Waals surface area contributed by atoms with Crippen LogP contribution in [0, 0.1) is 5.92 Å². The first-order valence-corrected chi connectivity index (χ1v) is 11.6. The summed E-state index contributed by atoms with van der Waals surface area (Å²) in [5.74, 6) is -0.783. The average molecular weight is 492 g/mol. The van der Waals surface area contributed by atoms with E-state index >= 15 is 0 Å². The Hall–Kier alpha value is -4.20. The summed E-state index contributed by atoms with van der Waals surface area (Å²) >= 11 is 0. The van der Waals surface area contributed by atoms with E-state index < -0.39 is 18.0 Å². The molecule has 36 heavy (non-hydrogen) atoms. The molecule has 0 saturated carbocycles. The number of carboxylic acid groups (broad SMARTS) is 1. The van der Waals surface area contributed by atoms with Crippen molar-refractivity contribution in [3.8, 4) is 28.4 Å². The molecular weight excluding hydrogens is 462 g/mol. The highest BCUT2D eigenvalue weighted by Crippen LogP contribution is 2.44. The summed E-state index contributed by atoms with van der Waals surface area (Å²) in [6, 6.07) is 19.5. The van der Waals surface area contributed by atoms with Crippen LogP contribution in [0.2, 0.25) is 0 Å². The van der Waals surface area contributed by atoms with Crippen LogP contribution in [0.1, 0.15) is 22.6 Å². The minimum Gasteiger partial charge on any atom is -0.493 e. The van der Waals surface area contributed by atoms with Crippen molar-refractivity contribution in [1.82, 2.24) is 5.32 Å². The molecule has 8 nitrogen and oxygen atoms in total. The molecule has 1 aliphatic rings. The fourth-order valence-electron chi connectivity index (χ4n) is 4.69. The van der Waals surface area contributed by atoms with Gasteiger partial charge in [-0.05, 0) is 40.3 Å². The first-order valence-electron chi connectivity index (χ1n) is 11.6. The van der Waals surface area contributed by atoms with Gasteiger partial charge in [-0.25, -0.2) is 4.79 Å². The number of carbonyl (C=O) groups is 2. The summed E-state index contributed by atoms with van der Waals surface area (Å²) in [6.45, 7) is 0.0462. The van der Waals surface area contributed by atoms with Gasteiger partial charge in [0.2, 0.25) is 5.75 Å². The zero-order chi connectivity index (χ0) is 25.7. The molecule has 4 rings (SSSR count). The number of amides is 1. The van der Waals surface area contributed by atoms with Gasteiger partial charge in [-0.2, -0.15) is 0 Å². The lowest BCUT2D eigenvalue weighted by Gasteiger charge is -2.19. The van der Waals surface area contributed by atoms with Crippen LogP contribution >= 0.6 is 0 Å². The topological polar surface area (TPSA) is 103 Å². The van der Waals surface area contributed by atoms with Crippen LogP contribution in [-0.4, -0.2) is 51.7 Å². The third-order valence-electron chi connectivity index (χ3n) is 6.44. The number of rotatable bonds is 10. The molecule has 1 atom stereocenters. The Morgan fingerprint density at radius 3 is 2.03 bits per heavy atom. The van der Waals surface area contributed by atoms with Gasteiger partial charge in [-0.15, -0.1) is 0 Å². The third-order valence-corrected chi connectivity index (χ3v) is 6.44. The second-order valence-corrected chi connectivity index (χ2v) is 8.44. The molecule has 0 heterocycles. The Labute approximate surface area is 209 Å². The first-order chi connectivity index (χ1) is 17.5. The van der Waals surface area contributed by atoms with Crippen LogP contribution in [0.4, 0.5) is 4.79 Å². The molecule has 188 valence electrons. The van der Waals surface area contributed by atoms with Crippen molar-refractivity contribution in [3.63, 3.8) is 0 Å². The zero-order valence-corrected chi connectivity index (χ0v) is 20.4. The van der Waals surface area contributed by atoms with E-state index in [-0.39, 0.29) is 25.5 Å². The van der Waals surface area contributed by atoms with Crippen LogP contribution in [0.15, 0.2) is 60.7 Å². The van der Waals surface area contributed by atoms with Crippen LogP contribution in [-0.2, 0) is 16.0 Å². The normalized spacial score (nSPS) is 12.8. The lowest BCUT2D eigenvalue weighted by atomic mass is 9.98. The smallest absolute Gasteiger partial charge is 0.407 e. The minimum absolute atomic E-state index is 0.0746. The maximum Gasteiger partial charge on any atom is 0.407 e. The van der Waals surface area contributed by atoms with Gasteiger partial charge in [0.15, 0.2) is 11.5 Å². The number of hydrogen-bond acceptors (Lipinski definition) is 6. The van der Waals surface area contributed by atoms with Crippen molar-refractivity contribution in [2.75, 3.05) is 34.5 Å². The van der Waals surface area contributed by atoms with E-state index in [0.717, 1.165) is 22.3 Å². The third kappa shape index (κ3) is 4.93. The highest BCUT2D eigenvalue weighted by Gasteiger charge is 2.29. The number of fused-ring (bicyclic) bond motifs is 3. The van der Waals surface area contributed by atoms with E-state index in [4.69, 9.17) is 18.9 Å². The molecule has 0 bridgehead atoms. The number of methoxy groups -OCH3 is 3. The number of hydrogen-bond donors (Lipinski definition) is 2. The van der Waals surface area contributed by atoms with Gasteiger partial charge in [0.05, 0.1) is 27.2 Å². The maximum atomic E-state index is 12.5. The fourth-order valence-corrected chi connectivity index (χ4v) is 4.69. The second-order valence-electron chi connectivity index (χ2n) is 8.44. The molecule has 2 N–H and O–H groups in total. The Bertz CT molecular complexity index is 1210. The van der Waals surface area contributed by atoms with Crippen LogP contribution < -0.4 is 19.5 Å². The molecule has 8 heteroatoms. The first kappa shape index (κ1) is 24.9.